The molecule has 1 N–H and O–H groups in total. The molecule has 0 amide bonds. The van der Waals surface area contributed by atoms with Gasteiger partial charge in [-0.3, -0.25) is 9.88 Å². The van der Waals surface area contributed by atoms with Gasteiger partial charge in [-0.25, -0.2) is 0 Å². The Morgan fingerprint density at radius 3 is 2.74 bits per heavy atom. The van der Waals surface area contributed by atoms with Crippen LogP contribution in [0.3, 0.4) is 0 Å². The van der Waals surface area contributed by atoms with E-state index in [1.807, 2.05) is 0 Å². The van der Waals surface area contributed by atoms with Crippen LogP contribution in [-0.4, -0.2) is 54.6 Å². The van der Waals surface area contributed by atoms with E-state index in [9.17, 15) is 18.3 Å². The number of fused-ring (bicyclic) bond motifs is 1. The maximum Gasteiger partial charge on any atom is 0.417 e. The molecule has 1 fully saturated rings. The second-order valence-electron chi connectivity index (χ2n) is 9.51. The molecule has 11 heteroatoms. The van der Waals surface area contributed by atoms with Crippen LogP contribution in [0.5, 0.6) is 23.0 Å². The summed E-state index contributed by atoms with van der Waals surface area (Å²) in [6.45, 7) is 2.77. The zero-order chi connectivity index (χ0) is 27.6. The molecule has 3 aromatic rings. The number of phenolic OH excluding ortho intramolecular Hbond substituents is 1. The lowest BCUT2D eigenvalue weighted by Gasteiger charge is -2.21. The first kappa shape index (κ1) is 27.4. The van der Waals surface area contributed by atoms with E-state index < -0.39 is 11.7 Å². The maximum absolute atomic E-state index is 13.2. The third kappa shape index (κ3) is 6.34. The molecule has 5 rings (SSSR count). The zero-order valence-electron chi connectivity index (χ0n) is 21.3. The van der Waals surface area contributed by atoms with Crippen molar-refractivity contribution >= 4 is 11.6 Å². The van der Waals surface area contributed by atoms with Gasteiger partial charge in [0.15, 0.2) is 11.5 Å². The summed E-state index contributed by atoms with van der Waals surface area (Å²) in [4.78, 5) is 6.14. The quantitative estimate of drug-likeness (QED) is 0.372. The summed E-state index contributed by atoms with van der Waals surface area (Å²) >= 11 is 6.30. The molecule has 208 valence electrons. The normalized spacial score (nSPS) is 17.8. The molecule has 3 heterocycles. The number of ether oxygens (including phenoxy) is 4. The van der Waals surface area contributed by atoms with E-state index in [1.54, 1.807) is 37.4 Å². The van der Waals surface area contributed by atoms with E-state index in [0.29, 0.717) is 67.8 Å². The predicted molar refractivity (Wildman–Crippen MR) is 138 cm³/mol. The van der Waals surface area contributed by atoms with Crippen LogP contribution in [0.1, 0.15) is 29.5 Å². The average Bonchev–Trinajstić information content (AvgIpc) is 3.34. The molecule has 2 aromatic carbocycles. The van der Waals surface area contributed by atoms with Crippen LogP contribution in [0, 0.1) is 0 Å². The third-order valence-electron chi connectivity index (χ3n) is 6.75. The molecule has 39 heavy (non-hydrogen) atoms. The molecule has 2 aliphatic rings. The van der Waals surface area contributed by atoms with Crippen LogP contribution in [0.25, 0.3) is 11.3 Å². The first-order valence-electron chi connectivity index (χ1n) is 12.6. The Morgan fingerprint density at radius 1 is 1.18 bits per heavy atom. The number of halogens is 4. The van der Waals surface area contributed by atoms with Gasteiger partial charge in [0, 0.05) is 49.1 Å². The van der Waals surface area contributed by atoms with Crippen molar-refractivity contribution in [3.8, 4) is 34.3 Å². The molecule has 7 nitrogen and oxygen atoms in total. The Balaban J connectivity index is 1.49. The minimum absolute atomic E-state index is 0.0459. The summed E-state index contributed by atoms with van der Waals surface area (Å²) in [5.74, 6) is 1.78. The molecule has 0 radical (unpaired) electrons. The summed E-state index contributed by atoms with van der Waals surface area (Å²) in [5, 5.41) is 10.3. The molecule has 1 atom stereocenters. The number of aromatic nitrogens is 1. The second kappa shape index (κ2) is 11.5. The predicted octanol–water partition coefficient (Wildman–Crippen LogP) is 6.09. The number of rotatable bonds is 7. The second-order valence-corrected chi connectivity index (χ2v) is 9.92. The summed E-state index contributed by atoms with van der Waals surface area (Å²) in [6, 6.07) is 9.42. The lowest BCUT2D eigenvalue weighted by Crippen LogP contribution is -2.25. The van der Waals surface area contributed by atoms with Gasteiger partial charge in [0.1, 0.15) is 24.7 Å². The minimum Gasteiger partial charge on any atom is -0.508 e. The number of aromatic hydroxyl groups is 1. The molecular formula is C28H28ClF3N2O5. The molecule has 1 saturated heterocycles. The van der Waals surface area contributed by atoms with Gasteiger partial charge in [-0.1, -0.05) is 11.6 Å². The summed E-state index contributed by atoms with van der Waals surface area (Å²) < 4.78 is 62.9. The number of nitrogens with zero attached hydrogens (tertiary/aromatic N) is 2. The monoisotopic (exact) mass is 564 g/mol. The van der Waals surface area contributed by atoms with E-state index in [-0.39, 0.29) is 22.6 Å². The van der Waals surface area contributed by atoms with E-state index in [0.717, 1.165) is 30.7 Å². The van der Waals surface area contributed by atoms with E-state index >= 15 is 0 Å². The molecular weight excluding hydrogens is 537 g/mol. The van der Waals surface area contributed by atoms with Crippen LogP contribution in [-0.2, 0) is 24.0 Å². The number of hydrogen-bond donors (Lipinski definition) is 1. The number of phenols is 1. The van der Waals surface area contributed by atoms with E-state index in [4.69, 9.17) is 30.5 Å². The molecule has 0 spiro atoms. The fourth-order valence-electron chi connectivity index (χ4n) is 4.74. The van der Waals surface area contributed by atoms with Crippen LogP contribution >= 0.6 is 11.6 Å². The number of pyridine rings is 1. The number of alkyl halides is 3. The van der Waals surface area contributed by atoms with Crippen molar-refractivity contribution in [1.82, 2.24) is 9.88 Å². The SMILES string of the molecule is COc1ccc(O)c(CN2CCOc3c(cc(-c4ncc(C(F)(F)F)cc4Cl)cc3OC[C@H]3CCCO3)C2)c1. The van der Waals surface area contributed by atoms with Gasteiger partial charge < -0.3 is 24.1 Å². The Morgan fingerprint density at radius 2 is 2.03 bits per heavy atom. The van der Waals surface area contributed by atoms with Crippen molar-refractivity contribution in [2.45, 2.75) is 38.2 Å². The molecule has 0 aliphatic carbocycles. The van der Waals surface area contributed by atoms with Crippen molar-refractivity contribution in [3.63, 3.8) is 0 Å². The number of hydrogen-bond acceptors (Lipinski definition) is 7. The van der Waals surface area contributed by atoms with Crippen LogP contribution in [0.4, 0.5) is 13.2 Å². The Kier molecular flexibility index (Phi) is 8.06. The summed E-state index contributed by atoms with van der Waals surface area (Å²) in [5.41, 5.74) is 1.23. The maximum atomic E-state index is 13.2. The minimum atomic E-state index is -4.56. The lowest BCUT2D eigenvalue weighted by atomic mass is 10.0. The highest BCUT2D eigenvalue weighted by Gasteiger charge is 2.32. The van der Waals surface area contributed by atoms with Crippen LogP contribution in [0.2, 0.25) is 5.02 Å². The Hall–Kier alpha value is -3.21. The molecule has 0 unspecified atom stereocenters. The van der Waals surface area contributed by atoms with E-state index in [2.05, 4.69) is 9.88 Å². The third-order valence-corrected chi connectivity index (χ3v) is 7.04. The van der Waals surface area contributed by atoms with E-state index in [1.165, 1.54) is 0 Å². The van der Waals surface area contributed by atoms with Crippen molar-refractivity contribution in [1.29, 1.82) is 0 Å². The molecule has 1 aromatic heterocycles. The fraction of sp³-hybridized carbons (Fsp3) is 0.393. The standard InChI is InChI=1S/C28H28ClF3N2O5/c1-36-21-4-5-24(35)18(10-21)14-34-6-8-38-27-19(15-34)9-17(11-25(27)39-16-22-3-2-7-37-22)26-23(29)12-20(13-33-26)28(30,31)32/h4-5,9-13,22,35H,2-3,6-8,14-16H2,1H3/t22-/m1/s1. The fourth-order valence-corrected chi connectivity index (χ4v) is 5.01. The Labute approximate surface area is 229 Å². The van der Waals surface area contributed by atoms with Crippen molar-refractivity contribution < 1.29 is 37.2 Å². The van der Waals surface area contributed by atoms with Gasteiger partial charge in [0.25, 0.3) is 0 Å². The highest BCUT2D eigenvalue weighted by molar-refractivity contribution is 6.33. The molecule has 0 bridgehead atoms. The largest absolute Gasteiger partial charge is 0.508 e. The van der Waals surface area contributed by atoms with Gasteiger partial charge in [-0.15, -0.1) is 0 Å². The first-order chi connectivity index (χ1) is 18.7. The van der Waals surface area contributed by atoms with Gasteiger partial charge >= 0.3 is 6.18 Å². The summed E-state index contributed by atoms with van der Waals surface area (Å²) in [6.07, 6.45) is -1.99. The van der Waals surface area contributed by atoms with Crippen LogP contribution in [0.15, 0.2) is 42.6 Å². The van der Waals surface area contributed by atoms with Crippen molar-refractivity contribution in [2.75, 3.05) is 33.5 Å². The highest BCUT2D eigenvalue weighted by Crippen LogP contribution is 2.41. The van der Waals surface area contributed by atoms with Crippen LogP contribution < -0.4 is 14.2 Å². The van der Waals surface area contributed by atoms with Gasteiger partial charge in [-0.2, -0.15) is 13.2 Å². The number of benzene rings is 2. The molecule has 0 saturated carbocycles. The average molecular weight is 565 g/mol. The smallest absolute Gasteiger partial charge is 0.417 e. The zero-order valence-corrected chi connectivity index (χ0v) is 22.0. The number of methoxy groups -OCH3 is 1. The highest BCUT2D eigenvalue weighted by atomic mass is 35.5. The lowest BCUT2D eigenvalue weighted by molar-refractivity contribution is -0.137. The summed E-state index contributed by atoms with van der Waals surface area (Å²) in [7, 11) is 1.56. The van der Waals surface area contributed by atoms with Gasteiger partial charge in [-0.05, 0) is 49.2 Å². The van der Waals surface area contributed by atoms with Gasteiger partial charge in [0.2, 0.25) is 0 Å². The van der Waals surface area contributed by atoms with Gasteiger partial charge in [0.05, 0.1) is 29.5 Å². The molecule has 2 aliphatic heterocycles. The van der Waals surface area contributed by atoms with Crippen molar-refractivity contribution in [2.24, 2.45) is 0 Å². The Bertz CT molecular complexity index is 1330. The van der Waals surface area contributed by atoms with Crippen molar-refractivity contribution in [3.05, 3.63) is 64.3 Å². The topological polar surface area (TPSA) is 73.3 Å². The first-order valence-corrected chi connectivity index (χ1v) is 12.9.